The maximum absolute atomic E-state index is 6.60. The molecule has 1 aromatic heterocycles. The van der Waals surface area contributed by atoms with Gasteiger partial charge in [0.25, 0.3) is 0 Å². The van der Waals surface area contributed by atoms with Crippen LogP contribution in [0.1, 0.15) is 35.4 Å². The molecule has 0 N–H and O–H groups in total. The molecule has 0 unspecified atom stereocenters. The quantitative estimate of drug-likeness (QED) is 0.834. The summed E-state index contributed by atoms with van der Waals surface area (Å²) in [6, 6.07) is 4.49. The van der Waals surface area contributed by atoms with Gasteiger partial charge in [0.1, 0.15) is 5.60 Å². The largest absolute Gasteiger partial charge is 0.377 e. The summed E-state index contributed by atoms with van der Waals surface area (Å²) in [5.74, 6) is 0. The summed E-state index contributed by atoms with van der Waals surface area (Å²) >= 11 is 1.91. The van der Waals surface area contributed by atoms with Crippen LogP contribution in [-0.2, 0) is 16.0 Å². The van der Waals surface area contributed by atoms with Crippen molar-refractivity contribution in [3.63, 3.8) is 0 Å². The number of ether oxygens (including phenoxy) is 2. The van der Waals surface area contributed by atoms with Crippen molar-refractivity contribution in [1.82, 2.24) is 9.80 Å². The smallest absolute Gasteiger partial charge is 0.105 e. The summed E-state index contributed by atoms with van der Waals surface area (Å²) in [5.41, 5.74) is -0.0762. The van der Waals surface area contributed by atoms with Gasteiger partial charge in [0, 0.05) is 35.9 Å². The second kappa shape index (κ2) is 7.42. The molecule has 4 heterocycles. The summed E-state index contributed by atoms with van der Waals surface area (Å²) in [5, 5.41) is 0. The lowest BCUT2D eigenvalue weighted by Gasteiger charge is -2.32. The number of thiophene rings is 1. The van der Waals surface area contributed by atoms with Gasteiger partial charge in [0.15, 0.2) is 0 Å². The molecule has 134 valence electrons. The van der Waals surface area contributed by atoms with Crippen molar-refractivity contribution < 1.29 is 9.47 Å². The van der Waals surface area contributed by atoms with Crippen LogP contribution < -0.4 is 0 Å². The van der Waals surface area contributed by atoms with Gasteiger partial charge in [-0.3, -0.25) is 4.90 Å². The Kier molecular flexibility index (Phi) is 5.25. The van der Waals surface area contributed by atoms with Gasteiger partial charge in [0.05, 0.1) is 19.3 Å². The van der Waals surface area contributed by atoms with Crippen molar-refractivity contribution >= 4 is 11.3 Å². The summed E-state index contributed by atoms with van der Waals surface area (Å²) in [6.07, 6.45) is 5.44. The second-order valence-electron chi connectivity index (χ2n) is 7.74. The third-order valence-corrected chi connectivity index (χ3v) is 6.59. The standard InChI is InChI=1S/C19H30N2O2S/c1-16-4-5-18(24-16)13-21-10-11-22-15-19(14-21)7-6-17(23-19)12-20-8-2-3-9-20/h4-5,17H,2-3,6-15H2,1H3/t17-,19-/m0/s1. The Morgan fingerprint density at radius 2 is 2.08 bits per heavy atom. The number of rotatable bonds is 4. The van der Waals surface area contributed by atoms with E-state index in [0.29, 0.717) is 6.10 Å². The summed E-state index contributed by atoms with van der Waals surface area (Å²) in [4.78, 5) is 7.97. The van der Waals surface area contributed by atoms with Crippen LogP contribution >= 0.6 is 11.3 Å². The lowest BCUT2D eigenvalue weighted by Crippen LogP contribution is -2.45. The zero-order valence-electron chi connectivity index (χ0n) is 14.8. The van der Waals surface area contributed by atoms with Gasteiger partial charge >= 0.3 is 0 Å². The number of aryl methyl sites for hydroxylation is 1. The molecule has 0 aromatic carbocycles. The van der Waals surface area contributed by atoms with Gasteiger partial charge < -0.3 is 14.4 Å². The van der Waals surface area contributed by atoms with E-state index in [1.807, 2.05) is 11.3 Å². The summed E-state index contributed by atoms with van der Waals surface area (Å²) in [6.45, 7) is 10.5. The second-order valence-corrected chi connectivity index (χ2v) is 9.12. The Bertz CT molecular complexity index is 543. The molecule has 0 amide bonds. The zero-order valence-corrected chi connectivity index (χ0v) is 15.7. The van der Waals surface area contributed by atoms with Gasteiger partial charge in [-0.2, -0.15) is 0 Å². The molecular weight excluding hydrogens is 320 g/mol. The molecule has 1 spiro atoms. The fourth-order valence-corrected chi connectivity index (χ4v) is 5.34. The van der Waals surface area contributed by atoms with Crippen LogP contribution in [-0.4, -0.2) is 67.4 Å². The molecule has 5 heteroatoms. The Hall–Kier alpha value is -0.460. The fourth-order valence-electron chi connectivity index (χ4n) is 4.41. The number of nitrogens with zero attached hydrogens (tertiary/aromatic N) is 2. The first-order chi connectivity index (χ1) is 11.7. The van der Waals surface area contributed by atoms with Crippen LogP contribution in [0, 0.1) is 6.92 Å². The zero-order chi connectivity index (χ0) is 16.4. The number of hydrogen-bond acceptors (Lipinski definition) is 5. The Balaban J connectivity index is 1.36. The van der Waals surface area contributed by atoms with E-state index in [-0.39, 0.29) is 5.60 Å². The van der Waals surface area contributed by atoms with E-state index in [1.165, 1.54) is 42.1 Å². The molecule has 3 fully saturated rings. The lowest BCUT2D eigenvalue weighted by molar-refractivity contribution is -0.0913. The van der Waals surface area contributed by atoms with Crippen LogP contribution in [0.5, 0.6) is 0 Å². The molecule has 4 rings (SSSR count). The van der Waals surface area contributed by atoms with E-state index in [1.54, 1.807) is 0 Å². The van der Waals surface area contributed by atoms with Crippen molar-refractivity contribution in [2.75, 3.05) is 45.9 Å². The van der Waals surface area contributed by atoms with Gasteiger partial charge in [-0.25, -0.2) is 0 Å². The minimum absolute atomic E-state index is 0.0762. The van der Waals surface area contributed by atoms with Crippen molar-refractivity contribution in [3.8, 4) is 0 Å². The van der Waals surface area contributed by atoms with Crippen molar-refractivity contribution in [2.45, 2.75) is 50.9 Å². The van der Waals surface area contributed by atoms with Gasteiger partial charge in [-0.15, -0.1) is 11.3 Å². The predicted octanol–water partition coefficient (Wildman–Crippen LogP) is 2.90. The minimum Gasteiger partial charge on any atom is -0.377 e. The highest BCUT2D eigenvalue weighted by Crippen LogP contribution is 2.34. The number of hydrogen-bond donors (Lipinski definition) is 0. The molecule has 4 nitrogen and oxygen atoms in total. The van der Waals surface area contributed by atoms with E-state index < -0.39 is 0 Å². The number of likely N-dealkylation sites (tertiary alicyclic amines) is 1. The first kappa shape index (κ1) is 17.0. The maximum atomic E-state index is 6.60. The molecule has 3 saturated heterocycles. The van der Waals surface area contributed by atoms with E-state index in [9.17, 15) is 0 Å². The SMILES string of the molecule is Cc1ccc(CN2CCOC[C@]3(CC[C@@H](CN4CCCC4)O3)C2)s1. The predicted molar refractivity (Wildman–Crippen MR) is 97.7 cm³/mol. The highest BCUT2D eigenvalue weighted by Gasteiger charge is 2.43. The van der Waals surface area contributed by atoms with Crippen LogP contribution in [0.25, 0.3) is 0 Å². The average Bonchev–Trinajstić information content (AvgIpc) is 3.25. The highest BCUT2D eigenvalue weighted by atomic mass is 32.1. The Morgan fingerprint density at radius 3 is 2.88 bits per heavy atom. The Labute approximate surface area is 149 Å². The van der Waals surface area contributed by atoms with E-state index in [0.717, 1.165) is 45.8 Å². The normalized spacial score (nSPS) is 32.6. The molecule has 0 saturated carbocycles. The lowest BCUT2D eigenvalue weighted by atomic mass is 10.00. The average molecular weight is 351 g/mol. The van der Waals surface area contributed by atoms with E-state index in [2.05, 4.69) is 28.9 Å². The monoisotopic (exact) mass is 350 g/mol. The molecule has 3 aliphatic heterocycles. The molecule has 0 aliphatic carbocycles. The summed E-state index contributed by atoms with van der Waals surface area (Å²) in [7, 11) is 0. The molecule has 2 atom stereocenters. The van der Waals surface area contributed by atoms with Crippen molar-refractivity contribution in [1.29, 1.82) is 0 Å². The maximum Gasteiger partial charge on any atom is 0.105 e. The third kappa shape index (κ3) is 4.02. The first-order valence-electron chi connectivity index (χ1n) is 9.46. The molecule has 24 heavy (non-hydrogen) atoms. The highest BCUT2D eigenvalue weighted by molar-refractivity contribution is 7.11. The van der Waals surface area contributed by atoms with Crippen molar-refractivity contribution in [2.24, 2.45) is 0 Å². The van der Waals surface area contributed by atoms with Gasteiger partial charge in [-0.05, 0) is 57.8 Å². The van der Waals surface area contributed by atoms with E-state index in [4.69, 9.17) is 9.47 Å². The third-order valence-electron chi connectivity index (χ3n) is 5.60. The van der Waals surface area contributed by atoms with Crippen molar-refractivity contribution in [3.05, 3.63) is 21.9 Å². The van der Waals surface area contributed by atoms with Crippen LogP contribution in [0.3, 0.4) is 0 Å². The van der Waals surface area contributed by atoms with Crippen LogP contribution in [0.4, 0.5) is 0 Å². The van der Waals surface area contributed by atoms with Gasteiger partial charge in [0.2, 0.25) is 0 Å². The molecule has 0 radical (unpaired) electrons. The van der Waals surface area contributed by atoms with Crippen LogP contribution in [0.15, 0.2) is 12.1 Å². The minimum atomic E-state index is -0.0762. The van der Waals surface area contributed by atoms with Gasteiger partial charge in [-0.1, -0.05) is 0 Å². The fraction of sp³-hybridized carbons (Fsp3) is 0.789. The molecular formula is C19H30N2O2S. The summed E-state index contributed by atoms with van der Waals surface area (Å²) < 4.78 is 12.5. The Morgan fingerprint density at radius 1 is 1.21 bits per heavy atom. The van der Waals surface area contributed by atoms with E-state index >= 15 is 0 Å². The van der Waals surface area contributed by atoms with Crippen LogP contribution in [0.2, 0.25) is 0 Å². The first-order valence-corrected chi connectivity index (χ1v) is 10.3. The molecule has 0 bridgehead atoms. The topological polar surface area (TPSA) is 24.9 Å². The molecule has 1 aromatic rings. The molecule has 3 aliphatic rings.